The Bertz CT molecular complexity index is 566. The van der Waals surface area contributed by atoms with Crippen LogP contribution < -0.4 is 11.1 Å². The van der Waals surface area contributed by atoms with Crippen LogP contribution in [0.2, 0.25) is 5.02 Å². The van der Waals surface area contributed by atoms with E-state index < -0.39 is 6.04 Å². The van der Waals surface area contributed by atoms with E-state index >= 15 is 0 Å². The summed E-state index contributed by atoms with van der Waals surface area (Å²) in [7, 11) is 0. The van der Waals surface area contributed by atoms with Crippen molar-refractivity contribution in [2.45, 2.75) is 13.0 Å². The number of hydrogen-bond donors (Lipinski definition) is 2. The fourth-order valence-electron chi connectivity index (χ4n) is 1.31. The monoisotopic (exact) mass is 265 g/mol. The van der Waals surface area contributed by atoms with E-state index in [1.807, 2.05) is 0 Å². The molecule has 3 N–H and O–H groups in total. The zero-order chi connectivity index (χ0) is 13.1. The Morgan fingerprint density at radius 3 is 3.06 bits per heavy atom. The number of carbonyl (C=O) groups excluding carboxylic acids is 1. The van der Waals surface area contributed by atoms with Gasteiger partial charge in [-0.25, -0.2) is 9.67 Å². The number of hydrogen-bond acceptors (Lipinski definition) is 4. The van der Waals surface area contributed by atoms with Crippen molar-refractivity contribution in [1.82, 2.24) is 14.8 Å². The summed E-state index contributed by atoms with van der Waals surface area (Å²) >= 11 is 5.99. The van der Waals surface area contributed by atoms with Crippen LogP contribution in [0.4, 0.5) is 5.69 Å². The summed E-state index contributed by atoms with van der Waals surface area (Å²) in [5, 5.41) is 7.18. The molecule has 0 aromatic carbocycles. The Morgan fingerprint density at radius 1 is 1.61 bits per heavy atom. The van der Waals surface area contributed by atoms with Crippen LogP contribution in [0.5, 0.6) is 0 Å². The smallest absolute Gasteiger partial charge is 0.241 e. The van der Waals surface area contributed by atoms with Crippen molar-refractivity contribution >= 4 is 23.2 Å². The number of amides is 1. The lowest BCUT2D eigenvalue weighted by molar-refractivity contribution is -0.117. The van der Waals surface area contributed by atoms with Gasteiger partial charge in [-0.3, -0.25) is 4.79 Å². The second-order valence-electron chi connectivity index (χ2n) is 3.76. The number of rotatable bonds is 3. The minimum Gasteiger partial charge on any atom is -0.322 e. The van der Waals surface area contributed by atoms with E-state index in [1.54, 1.807) is 31.5 Å². The SMILES string of the molecule is C[C@H](N)C(=O)Nc1cnn(-c2ncccc2Cl)c1. The zero-order valence-electron chi connectivity index (χ0n) is 9.67. The fourth-order valence-corrected chi connectivity index (χ4v) is 1.51. The maximum absolute atomic E-state index is 11.4. The Labute approximate surface area is 109 Å². The van der Waals surface area contributed by atoms with Gasteiger partial charge in [0.25, 0.3) is 0 Å². The van der Waals surface area contributed by atoms with Crippen LogP contribution in [0.25, 0.3) is 5.82 Å². The molecule has 0 spiro atoms. The first-order valence-corrected chi connectivity index (χ1v) is 5.67. The van der Waals surface area contributed by atoms with E-state index in [-0.39, 0.29) is 5.91 Å². The van der Waals surface area contributed by atoms with Crippen LogP contribution in [0.3, 0.4) is 0 Å². The van der Waals surface area contributed by atoms with E-state index in [0.29, 0.717) is 16.5 Å². The minimum absolute atomic E-state index is 0.276. The molecule has 1 atom stereocenters. The van der Waals surface area contributed by atoms with Crippen LogP contribution in [0.15, 0.2) is 30.7 Å². The van der Waals surface area contributed by atoms with Crippen molar-refractivity contribution in [3.05, 3.63) is 35.7 Å². The van der Waals surface area contributed by atoms with Gasteiger partial charge >= 0.3 is 0 Å². The average molecular weight is 266 g/mol. The third-order valence-electron chi connectivity index (χ3n) is 2.22. The van der Waals surface area contributed by atoms with E-state index in [9.17, 15) is 4.79 Å². The maximum atomic E-state index is 11.4. The molecule has 0 aliphatic heterocycles. The predicted molar refractivity (Wildman–Crippen MR) is 68.6 cm³/mol. The van der Waals surface area contributed by atoms with Crippen molar-refractivity contribution in [1.29, 1.82) is 0 Å². The molecule has 0 fully saturated rings. The molecule has 0 bridgehead atoms. The predicted octanol–water partition coefficient (Wildman–Crippen LogP) is 1.21. The van der Waals surface area contributed by atoms with Crippen molar-refractivity contribution in [3.8, 4) is 5.82 Å². The van der Waals surface area contributed by atoms with E-state index in [2.05, 4.69) is 15.4 Å². The third-order valence-corrected chi connectivity index (χ3v) is 2.51. The van der Waals surface area contributed by atoms with Crippen LogP contribution in [0.1, 0.15) is 6.92 Å². The van der Waals surface area contributed by atoms with Gasteiger partial charge in [0, 0.05) is 6.20 Å². The first kappa shape index (κ1) is 12.5. The van der Waals surface area contributed by atoms with Crippen LogP contribution in [-0.2, 0) is 4.79 Å². The molecule has 2 heterocycles. The van der Waals surface area contributed by atoms with Crippen LogP contribution in [0, 0.1) is 0 Å². The molecule has 7 heteroatoms. The topological polar surface area (TPSA) is 85.8 Å². The Hall–Kier alpha value is -1.92. The molecule has 2 aromatic heterocycles. The second kappa shape index (κ2) is 5.16. The molecule has 0 saturated heterocycles. The van der Waals surface area contributed by atoms with Crippen molar-refractivity contribution in [3.63, 3.8) is 0 Å². The van der Waals surface area contributed by atoms with Crippen LogP contribution in [-0.4, -0.2) is 26.7 Å². The fraction of sp³-hybridized carbons (Fsp3) is 0.182. The highest BCUT2D eigenvalue weighted by Gasteiger charge is 2.10. The first-order valence-electron chi connectivity index (χ1n) is 5.30. The number of halogens is 1. The standard InChI is InChI=1S/C11H12ClN5O/c1-7(13)11(18)16-8-5-15-17(6-8)10-9(12)3-2-4-14-10/h2-7H,13H2,1H3,(H,16,18)/t7-/m0/s1. The van der Waals surface area contributed by atoms with Crippen molar-refractivity contribution in [2.24, 2.45) is 5.73 Å². The van der Waals surface area contributed by atoms with Gasteiger partial charge in [-0.1, -0.05) is 11.6 Å². The summed E-state index contributed by atoms with van der Waals surface area (Å²) < 4.78 is 1.49. The second-order valence-corrected chi connectivity index (χ2v) is 4.17. The summed E-state index contributed by atoms with van der Waals surface area (Å²) in [6.45, 7) is 1.61. The van der Waals surface area contributed by atoms with Gasteiger partial charge in [-0.15, -0.1) is 0 Å². The molecular formula is C11H12ClN5O. The summed E-state index contributed by atoms with van der Waals surface area (Å²) in [6, 6.07) is 2.87. The number of nitrogens with zero attached hydrogens (tertiary/aromatic N) is 3. The number of nitrogens with one attached hydrogen (secondary N) is 1. The summed E-state index contributed by atoms with van der Waals surface area (Å²) in [5.74, 6) is 0.224. The summed E-state index contributed by atoms with van der Waals surface area (Å²) in [4.78, 5) is 15.5. The number of carbonyl (C=O) groups is 1. The van der Waals surface area contributed by atoms with Gasteiger partial charge in [0.2, 0.25) is 5.91 Å². The molecule has 6 nitrogen and oxygen atoms in total. The molecule has 94 valence electrons. The number of pyridine rings is 1. The molecule has 0 aliphatic rings. The molecule has 2 rings (SSSR count). The third kappa shape index (κ3) is 2.66. The lowest BCUT2D eigenvalue weighted by Crippen LogP contribution is -2.32. The van der Waals surface area contributed by atoms with E-state index in [1.165, 1.54) is 10.9 Å². The molecule has 0 unspecified atom stereocenters. The number of aromatic nitrogens is 3. The van der Waals surface area contributed by atoms with Gasteiger partial charge < -0.3 is 11.1 Å². The molecule has 1 amide bonds. The number of anilines is 1. The van der Waals surface area contributed by atoms with Gasteiger partial charge in [-0.05, 0) is 19.1 Å². The highest BCUT2D eigenvalue weighted by atomic mass is 35.5. The van der Waals surface area contributed by atoms with Gasteiger partial charge in [0.15, 0.2) is 5.82 Å². The van der Waals surface area contributed by atoms with Crippen molar-refractivity contribution < 1.29 is 4.79 Å². The van der Waals surface area contributed by atoms with Gasteiger partial charge in [0.05, 0.1) is 29.1 Å². The molecule has 0 saturated carbocycles. The molecule has 18 heavy (non-hydrogen) atoms. The molecular weight excluding hydrogens is 254 g/mol. The van der Waals surface area contributed by atoms with E-state index in [0.717, 1.165) is 0 Å². The highest BCUT2D eigenvalue weighted by molar-refractivity contribution is 6.32. The lowest BCUT2D eigenvalue weighted by atomic mass is 10.3. The highest BCUT2D eigenvalue weighted by Crippen LogP contribution is 2.17. The average Bonchev–Trinajstić information content (AvgIpc) is 2.77. The van der Waals surface area contributed by atoms with E-state index in [4.69, 9.17) is 17.3 Å². The van der Waals surface area contributed by atoms with Crippen LogP contribution >= 0.6 is 11.6 Å². The molecule has 2 aromatic rings. The van der Waals surface area contributed by atoms with Gasteiger partial charge in [-0.2, -0.15) is 5.10 Å². The largest absolute Gasteiger partial charge is 0.322 e. The van der Waals surface area contributed by atoms with Gasteiger partial charge in [0.1, 0.15) is 0 Å². The minimum atomic E-state index is -0.577. The Kier molecular flexibility index (Phi) is 3.59. The molecule has 0 aliphatic carbocycles. The quantitative estimate of drug-likeness (QED) is 0.873. The zero-order valence-corrected chi connectivity index (χ0v) is 10.4. The van der Waals surface area contributed by atoms with Crippen molar-refractivity contribution in [2.75, 3.05) is 5.32 Å². The lowest BCUT2D eigenvalue weighted by Gasteiger charge is -2.04. The normalized spacial score (nSPS) is 12.2. The summed E-state index contributed by atoms with van der Waals surface area (Å²) in [6.07, 6.45) is 4.74. The number of nitrogens with two attached hydrogens (primary N) is 1. The summed E-state index contributed by atoms with van der Waals surface area (Å²) in [5.41, 5.74) is 5.99. The Balaban J connectivity index is 2.21. The Morgan fingerprint density at radius 2 is 2.39 bits per heavy atom. The maximum Gasteiger partial charge on any atom is 0.241 e. The molecule has 0 radical (unpaired) electrons. The first-order chi connectivity index (χ1) is 8.58.